The van der Waals surface area contributed by atoms with Crippen molar-refractivity contribution < 1.29 is 9.59 Å². The highest BCUT2D eigenvalue weighted by atomic mass is 32.1. The predicted molar refractivity (Wildman–Crippen MR) is 69.3 cm³/mol. The smallest absolute Gasteiger partial charge is 0.229 e. The standard InChI is InChI=1S/C12H14N2O2S/c15-11-6-9-5-8(1-2-10(9)14-11)3-4-13-12(16)7-17/h1-2,5,17H,3-4,6-7H2,(H,13,16)(H,14,15). The first kappa shape index (κ1) is 12.0. The molecule has 0 saturated heterocycles. The molecule has 0 bridgehead atoms. The minimum Gasteiger partial charge on any atom is -0.355 e. The molecule has 0 aromatic heterocycles. The molecule has 0 spiro atoms. The second-order valence-electron chi connectivity index (χ2n) is 3.97. The summed E-state index contributed by atoms with van der Waals surface area (Å²) in [6, 6.07) is 5.90. The number of carbonyl (C=O) groups is 2. The summed E-state index contributed by atoms with van der Waals surface area (Å²) in [5.41, 5.74) is 3.06. The van der Waals surface area contributed by atoms with Gasteiger partial charge in [-0.3, -0.25) is 9.59 Å². The third-order valence-corrected chi connectivity index (χ3v) is 2.96. The molecule has 0 fully saturated rings. The van der Waals surface area contributed by atoms with Crippen molar-refractivity contribution in [3.63, 3.8) is 0 Å². The van der Waals surface area contributed by atoms with Crippen LogP contribution in [0.15, 0.2) is 18.2 Å². The van der Waals surface area contributed by atoms with Gasteiger partial charge in [-0.1, -0.05) is 12.1 Å². The summed E-state index contributed by atoms with van der Waals surface area (Å²) < 4.78 is 0. The van der Waals surface area contributed by atoms with E-state index in [0.717, 1.165) is 23.2 Å². The molecule has 2 amide bonds. The fourth-order valence-corrected chi connectivity index (χ4v) is 1.95. The first-order valence-electron chi connectivity index (χ1n) is 5.48. The highest BCUT2D eigenvalue weighted by molar-refractivity contribution is 7.81. The van der Waals surface area contributed by atoms with Crippen LogP contribution in [0, 0.1) is 0 Å². The molecule has 1 aliphatic rings. The van der Waals surface area contributed by atoms with Crippen LogP contribution in [0.2, 0.25) is 0 Å². The first-order valence-corrected chi connectivity index (χ1v) is 6.11. The van der Waals surface area contributed by atoms with Gasteiger partial charge in [-0.05, 0) is 23.6 Å². The lowest BCUT2D eigenvalue weighted by Gasteiger charge is -2.05. The minimum atomic E-state index is -0.0636. The SMILES string of the molecule is O=C(CS)NCCc1ccc2c(c1)CC(=O)N2. The Labute approximate surface area is 105 Å². The number of amides is 2. The topological polar surface area (TPSA) is 58.2 Å². The van der Waals surface area contributed by atoms with Gasteiger partial charge < -0.3 is 10.6 Å². The summed E-state index contributed by atoms with van der Waals surface area (Å²) in [6.45, 7) is 0.597. The zero-order valence-corrected chi connectivity index (χ0v) is 10.2. The van der Waals surface area contributed by atoms with Crippen LogP contribution in [-0.2, 0) is 22.4 Å². The van der Waals surface area contributed by atoms with Gasteiger partial charge in [-0.25, -0.2) is 0 Å². The number of fused-ring (bicyclic) bond motifs is 1. The van der Waals surface area contributed by atoms with Crippen molar-refractivity contribution in [1.82, 2.24) is 5.32 Å². The minimum absolute atomic E-state index is 0.0422. The number of hydrogen-bond acceptors (Lipinski definition) is 3. The number of benzene rings is 1. The van der Waals surface area contributed by atoms with E-state index in [1.54, 1.807) is 0 Å². The van der Waals surface area contributed by atoms with E-state index in [1.165, 1.54) is 0 Å². The highest BCUT2D eigenvalue weighted by Crippen LogP contribution is 2.23. The number of anilines is 1. The Balaban J connectivity index is 1.93. The molecular weight excluding hydrogens is 236 g/mol. The van der Waals surface area contributed by atoms with Crippen molar-refractivity contribution in [2.75, 3.05) is 17.6 Å². The number of carbonyl (C=O) groups excluding carboxylic acids is 2. The highest BCUT2D eigenvalue weighted by Gasteiger charge is 2.17. The summed E-state index contributed by atoms with van der Waals surface area (Å²) in [5, 5.41) is 5.55. The molecule has 2 rings (SSSR count). The van der Waals surface area contributed by atoms with E-state index in [1.807, 2.05) is 18.2 Å². The van der Waals surface area contributed by atoms with E-state index in [0.29, 0.717) is 13.0 Å². The Morgan fingerprint density at radius 2 is 2.29 bits per heavy atom. The Morgan fingerprint density at radius 1 is 1.47 bits per heavy atom. The van der Waals surface area contributed by atoms with Gasteiger partial charge in [0.05, 0.1) is 12.2 Å². The van der Waals surface area contributed by atoms with Crippen LogP contribution >= 0.6 is 12.6 Å². The maximum absolute atomic E-state index is 11.2. The maximum Gasteiger partial charge on any atom is 0.229 e. The van der Waals surface area contributed by atoms with E-state index in [9.17, 15) is 9.59 Å². The third kappa shape index (κ3) is 3.00. The summed E-state index contributed by atoms with van der Waals surface area (Å²) in [7, 11) is 0. The molecular formula is C12H14N2O2S. The molecule has 5 heteroatoms. The van der Waals surface area contributed by atoms with Crippen LogP contribution in [0.4, 0.5) is 5.69 Å². The average Bonchev–Trinajstić information content (AvgIpc) is 2.68. The van der Waals surface area contributed by atoms with Gasteiger partial charge in [0.15, 0.2) is 0 Å². The molecule has 2 N–H and O–H groups in total. The first-order chi connectivity index (χ1) is 8.19. The Morgan fingerprint density at radius 3 is 3.06 bits per heavy atom. The molecule has 0 atom stereocenters. The van der Waals surface area contributed by atoms with Gasteiger partial charge in [-0.15, -0.1) is 0 Å². The van der Waals surface area contributed by atoms with E-state index in [2.05, 4.69) is 23.3 Å². The van der Waals surface area contributed by atoms with Gasteiger partial charge in [0.2, 0.25) is 11.8 Å². The summed E-state index contributed by atoms with van der Waals surface area (Å²) in [6.07, 6.45) is 1.22. The van der Waals surface area contributed by atoms with Crippen LogP contribution in [0.5, 0.6) is 0 Å². The molecule has 4 nitrogen and oxygen atoms in total. The molecule has 0 radical (unpaired) electrons. The molecule has 90 valence electrons. The van der Waals surface area contributed by atoms with Crippen LogP contribution in [0.1, 0.15) is 11.1 Å². The van der Waals surface area contributed by atoms with Gasteiger partial charge in [0, 0.05) is 12.2 Å². The van der Waals surface area contributed by atoms with E-state index < -0.39 is 0 Å². The van der Waals surface area contributed by atoms with Crippen LogP contribution in [0.25, 0.3) is 0 Å². The molecule has 0 aliphatic carbocycles. The maximum atomic E-state index is 11.2. The molecule has 1 aromatic carbocycles. The summed E-state index contributed by atoms with van der Waals surface area (Å²) in [4.78, 5) is 22.2. The largest absolute Gasteiger partial charge is 0.355 e. The molecule has 0 saturated carbocycles. The van der Waals surface area contributed by atoms with Crippen LogP contribution < -0.4 is 10.6 Å². The van der Waals surface area contributed by atoms with Gasteiger partial charge in [-0.2, -0.15) is 12.6 Å². The predicted octanol–water partition coefficient (Wildman–Crippen LogP) is 0.770. The number of rotatable bonds is 4. The Kier molecular flexibility index (Phi) is 3.68. The number of hydrogen-bond donors (Lipinski definition) is 3. The quantitative estimate of drug-likeness (QED) is 0.691. The molecule has 1 aliphatic heterocycles. The summed E-state index contributed by atoms with van der Waals surface area (Å²) in [5.74, 6) is 0.190. The second-order valence-corrected chi connectivity index (χ2v) is 4.29. The van der Waals surface area contributed by atoms with Crippen molar-refractivity contribution in [2.45, 2.75) is 12.8 Å². The lowest BCUT2D eigenvalue weighted by molar-refractivity contribution is -0.118. The molecule has 17 heavy (non-hydrogen) atoms. The van der Waals surface area contributed by atoms with Gasteiger partial charge in [0.25, 0.3) is 0 Å². The molecule has 1 heterocycles. The Bertz CT molecular complexity index is 460. The Hall–Kier alpha value is -1.49. The zero-order valence-electron chi connectivity index (χ0n) is 9.32. The third-order valence-electron chi connectivity index (χ3n) is 2.67. The molecule has 0 unspecified atom stereocenters. The van der Waals surface area contributed by atoms with Gasteiger partial charge in [0.1, 0.15) is 0 Å². The fourth-order valence-electron chi connectivity index (χ4n) is 1.84. The number of nitrogens with one attached hydrogen (secondary N) is 2. The summed E-state index contributed by atoms with van der Waals surface area (Å²) >= 11 is 3.88. The average molecular weight is 250 g/mol. The second kappa shape index (κ2) is 5.23. The van der Waals surface area contributed by atoms with E-state index in [-0.39, 0.29) is 17.6 Å². The lowest BCUT2D eigenvalue weighted by Crippen LogP contribution is -2.26. The van der Waals surface area contributed by atoms with Crippen molar-refractivity contribution in [1.29, 1.82) is 0 Å². The van der Waals surface area contributed by atoms with Crippen LogP contribution in [-0.4, -0.2) is 24.1 Å². The van der Waals surface area contributed by atoms with Crippen LogP contribution in [0.3, 0.4) is 0 Å². The van der Waals surface area contributed by atoms with Crippen molar-refractivity contribution >= 4 is 30.1 Å². The molecule has 1 aromatic rings. The van der Waals surface area contributed by atoms with Gasteiger partial charge >= 0.3 is 0 Å². The van der Waals surface area contributed by atoms with E-state index in [4.69, 9.17) is 0 Å². The monoisotopic (exact) mass is 250 g/mol. The fraction of sp³-hybridized carbons (Fsp3) is 0.333. The van der Waals surface area contributed by atoms with E-state index >= 15 is 0 Å². The van der Waals surface area contributed by atoms with Crippen molar-refractivity contribution in [2.24, 2.45) is 0 Å². The zero-order chi connectivity index (χ0) is 12.3. The number of thiol groups is 1. The van der Waals surface area contributed by atoms with Crippen molar-refractivity contribution in [3.05, 3.63) is 29.3 Å². The lowest BCUT2D eigenvalue weighted by atomic mass is 10.1. The van der Waals surface area contributed by atoms with Crippen molar-refractivity contribution in [3.8, 4) is 0 Å². The normalized spacial score (nSPS) is 13.1.